The number of hydrogen-bond acceptors (Lipinski definition) is 4. The van der Waals surface area contributed by atoms with Gasteiger partial charge in [-0.3, -0.25) is 4.90 Å². The van der Waals surface area contributed by atoms with Crippen molar-refractivity contribution in [3.8, 4) is 0 Å². The van der Waals surface area contributed by atoms with Gasteiger partial charge >= 0.3 is 0 Å². The molecule has 0 amide bonds. The number of likely N-dealkylation sites (tertiary alicyclic amines) is 1. The van der Waals surface area contributed by atoms with Crippen molar-refractivity contribution in [3.05, 3.63) is 21.9 Å². The second kappa shape index (κ2) is 6.20. The predicted molar refractivity (Wildman–Crippen MR) is 75.2 cm³/mol. The molecule has 0 radical (unpaired) electrons. The maximum Gasteiger partial charge on any atom is 0.156 e. The molecule has 1 atom stereocenters. The van der Waals surface area contributed by atoms with Gasteiger partial charge in [0.15, 0.2) is 5.84 Å². The van der Waals surface area contributed by atoms with E-state index in [9.17, 15) is 0 Å². The molecule has 1 aliphatic rings. The number of rotatable bonds is 4. The van der Waals surface area contributed by atoms with Gasteiger partial charge in [-0.2, -0.15) is 0 Å². The predicted octanol–water partition coefficient (Wildman–Crippen LogP) is 2.41. The molecule has 1 aromatic heterocycles. The Morgan fingerprint density at radius 2 is 2.28 bits per heavy atom. The van der Waals surface area contributed by atoms with Crippen molar-refractivity contribution >= 4 is 17.2 Å². The highest BCUT2D eigenvalue weighted by atomic mass is 32.1. The molecule has 2 rings (SSSR count). The van der Waals surface area contributed by atoms with Gasteiger partial charge in [-0.1, -0.05) is 18.5 Å². The number of piperidine rings is 1. The maximum atomic E-state index is 8.85. The van der Waals surface area contributed by atoms with E-state index in [-0.39, 0.29) is 6.04 Å². The summed E-state index contributed by atoms with van der Waals surface area (Å²) in [6, 6.07) is 4.49. The van der Waals surface area contributed by atoms with Crippen LogP contribution in [0.2, 0.25) is 0 Å². The highest BCUT2D eigenvalue weighted by molar-refractivity contribution is 7.11. The van der Waals surface area contributed by atoms with Crippen molar-refractivity contribution in [2.75, 3.05) is 6.54 Å². The van der Waals surface area contributed by atoms with E-state index in [1.807, 2.05) is 11.3 Å². The van der Waals surface area contributed by atoms with Gasteiger partial charge in [-0.05, 0) is 37.9 Å². The van der Waals surface area contributed by atoms with E-state index >= 15 is 0 Å². The van der Waals surface area contributed by atoms with Crippen LogP contribution in [0.25, 0.3) is 0 Å². The summed E-state index contributed by atoms with van der Waals surface area (Å²) in [5.74, 6) is 0.349. The molecule has 18 heavy (non-hydrogen) atoms. The Morgan fingerprint density at radius 1 is 1.50 bits per heavy atom. The van der Waals surface area contributed by atoms with E-state index < -0.39 is 0 Å². The van der Waals surface area contributed by atoms with Crippen molar-refractivity contribution in [2.24, 2.45) is 10.9 Å². The molecule has 1 unspecified atom stereocenters. The van der Waals surface area contributed by atoms with Crippen molar-refractivity contribution in [1.82, 2.24) is 4.90 Å². The number of aryl methyl sites for hydroxylation is 1. The lowest BCUT2D eigenvalue weighted by Gasteiger charge is -2.34. The monoisotopic (exact) mass is 267 g/mol. The number of nitrogens with two attached hydrogens (primary N) is 1. The third-order valence-corrected chi connectivity index (χ3v) is 4.71. The molecule has 2 heterocycles. The van der Waals surface area contributed by atoms with Gasteiger partial charge in [0.2, 0.25) is 0 Å². The molecule has 0 aromatic carbocycles. The van der Waals surface area contributed by atoms with E-state index in [1.165, 1.54) is 16.2 Å². The zero-order valence-corrected chi connectivity index (χ0v) is 11.6. The molecule has 0 spiro atoms. The first-order chi connectivity index (χ1) is 8.74. The van der Waals surface area contributed by atoms with Crippen LogP contribution in [0.3, 0.4) is 0 Å². The van der Waals surface area contributed by atoms with Gasteiger partial charge < -0.3 is 10.9 Å². The molecular weight excluding hydrogens is 246 g/mol. The van der Waals surface area contributed by atoms with Crippen LogP contribution in [0.1, 0.15) is 35.9 Å². The van der Waals surface area contributed by atoms with E-state index in [0.29, 0.717) is 5.84 Å². The number of amidine groups is 1. The van der Waals surface area contributed by atoms with Crippen molar-refractivity contribution in [3.63, 3.8) is 0 Å². The first-order valence-corrected chi connectivity index (χ1v) is 7.35. The van der Waals surface area contributed by atoms with Crippen LogP contribution in [0.4, 0.5) is 0 Å². The fourth-order valence-electron chi connectivity index (χ4n) is 2.48. The summed E-state index contributed by atoms with van der Waals surface area (Å²) in [7, 11) is 0. The molecule has 0 saturated carbocycles. The lowest BCUT2D eigenvalue weighted by molar-refractivity contribution is 0.180. The minimum atomic E-state index is 0.0935. The van der Waals surface area contributed by atoms with Crippen LogP contribution in [0.15, 0.2) is 17.3 Å². The molecular formula is C13H21N3OS. The quantitative estimate of drug-likeness (QED) is 0.381. The molecule has 1 fully saturated rings. The van der Waals surface area contributed by atoms with Gasteiger partial charge in [-0.25, -0.2) is 0 Å². The number of hydrogen-bond donors (Lipinski definition) is 2. The Labute approximate surface area is 112 Å². The van der Waals surface area contributed by atoms with Crippen molar-refractivity contribution in [2.45, 2.75) is 45.2 Å². The molecule has 1 saturated heterocycles. The normalized spacial score (nSPS) is 22.3. The number of nitrogens with zero attached hydrogens (tertiary/aromatic N) is 2. The molecule has 3 N–H and O–H groups in total. The zero-order chi connectivity index (χ0) is 13.0. The van der Waals surface area contributed by atoms with Crippen LogP contribution in [-0.4, -0.2) is 28.5 Å². The summed E-state index contributed by atoms with van der Waals surface area (Å²) in [5.41, 5.74) is 5.78. The van der Waals surface area contributed by atoms with Crippen LogP contribution >= 0.6 is 11.3 Å². The smallest absolute Gasteiger partial charge is 0.156 e. The summed E-state index contributed by atoms with van der Waals surface area (Å²) < 4.78 is 0. The second-order valence-corrected chi connectivity index (χ2v) is 5.98. The van der Waals surface area contributed by atoms with Crippen LogP contribution in [0.5, 0.6) is 0 Å². The van der Waals surface area contributed by atoms with Crippen molar-refractivity contribution in [1.29, 1.82) is 0 Å². The van der Waals surface area contributed by atoms with E-state index in [4.69, 9.17) is 10.9 Å². The second-order valence-electron chi connectivity index (χ2n) is 4.73. The lowest BCUT2D eigenvalue weighted by atomic mass is 10.0. The van der Waals surface area contributed by atoms with E-state index in [1.54, 1.807) is 0 Å². The summed E-state index contributed by atoms with van der Waals surface area (Å²) in [5, 5.41) is 12.0. The number of thiophene rings is 1. The molecule has 0 bridgehead atoms. The standard InChI is InChI=1S/C13H21N3OS/c1-2-10-6-7-11(18-10)9-16-8-4-3-5-12(16)13(14)15-17/h6-7,12,17H,2-5,8-9H2,1H3,(H2,14,15). The Hall–Kier alpha value is -1.07. The van der Waals surface area contributed by atoms with Gasteiger partial charge in [0, 0.05) is 16.3 Å². The SMILES string of the molecule is CCc1ccc(CN2CCCCC2C(N)=NO)s1. The molecule has 1 aliphatic heterocycles. The van der Waals surface area contributed by atoms with Crippen LogP contribution in [0, 0.1) is 0 Å². The molecule has 1 aromatic rings. The minimum absolute atomic E-state index is 0.0935. The summed E-state index contributed by atoms with van der Waals surface area (Å²) >= 11 is 1.86. The largest absolute Gasteiger partial charge is 0.409 e. The third-order valence-electron chi connectivity index (χ3n) is 3.50. The Balaban J connectivity index is 2.05. The summed E-state index contributed by atoms with van der Waals surface area (Å²) in [6.07, 6.45) is 4.43. The molecule has 100 valence electrons. The maximum absolute atomic E-state index is 8.85. The lowest BCUT2D eigenvalue weighted by Crippen LogP contribution is -2.47. The number of oxime groups is 1. The fraction of sp³-hybridized carbons (Fsp3) is 0.615. The molecule has 0 aliphatic carbocycles. The van der Waals surface area contributed by atoms with Gasteiger partial charge in [0.1, 0.15) is 0 Å². The first-order valence-electron chi connectivity index (χ1n) is 6.53. The Kier molecular flexibility index (Phi) is 4.60. The highest BCUT2D eigenvalue weighted by Crippen LogP contribution is 2.24. The molecule has 4 nitrogen and oxygen atoms in total. The van der Waals surface area contributed by atoms with E-state index in [2.05, 4.69) is 29.1 Å². The summed E-state index contributed by atoms with van der Waals surface area (Å²) in [4.78, 5) is 5.11. The Bertz CT molecular complexity index is 416. The highest BCUT2D eigenvalue weighted by Gasteiger charge is 2.26. The first kappa shape index (κ1) is 13.4. The van der Waals surface area contributed by atoms with Gasteiger partial charge in [-0.15, -0.1) is 11.3 Å². The Morgan fingerprint density at radius 3 is 2.94 bits per heavy atom. The topological polar surface area (TPSA) is 61.8 Å². The zero-order valence-electron chi connectivity index (χ0n) is 10.8. The van der Waals surface area contributed by atoms with Crippen molar-refractivity contribution < 1.29 is 5.21 Å². The minimum Gasteiger partial charge on any atom is -0.409 e. The van der Waals surface area contributed by atoms with Gasteiger partial charge in [0.25, 0.3) is 0 Å². The average Bonchev–Trinajstić information content (AvgIpc) is 2.86. The van der Waals surface area contributed by atoms with Crippen LogP contribution < -0.4 is 5.73 Å². The van der Waals surface area contributed by atoms with E-state index in [0.717, 1.165) is 32.4 Å². The summed E-state index contributed by atoms with van der Waals surface area (Å²) in [6.45, 7) is 4.11. The van der Waals surface area contributed by atoms with Gasteiger partial charge in [0.05, 0.1) is 6.04 Å². The fourth-order valence-corrected chi connectivity index (χ4v) is 3.46. The van der Waals surface area contributed by atoms with Crippen LogP contribution in [-0.2, 0) is 13.0 Å². The molecule has 5 heteroatoms. The average molecular weight is 267 g/mol. The third kappa shape index (κ3) is 3.03.